The molecule has 11 heteroatoms. The molecular formula is C22H29N3O7S. The summed E-state index contributed by atoms with van der Waals surface area (Å²) in [5, 5.41) is 3.75. The number of methoxy groups -OCH3 is 1. The third-order valence-electron chi connectivity index (χ3n) is 5.55. The van der Waals surface area contributed by atoms with Crippen molar-refractivity contribution in [3.63, 3.8) is 0 Å². The summed E-state index contributed by atoms with van der Waals surface area (Å²) in [6.07, 6.45) is 1.26. The molecule has 0 saturated carbocycles. The number of anilines is 1. The summed E-state index contributed by atoms with van der Waals surface area (Å²) >= 11 is 0. The zero-order chi connectivity index (χ0) is 24.2. The van der Waals surface area contributed by atoms with Gasteiger partial charge in [-0.25, -0.2) is 8.42 Å². The number of aryl methyl sites for hydroxylation is 2. The molecule has 1 aliphatic rings. The maximum atomic E-state index is 13.6. The monoisotopic (exact) mass is 479 g/mol. The normalized spacial score (nSPS) is 16.4. The lowest BCUT2D eigenvalue weighted by Gasteiger charge is -2.33. The smallest absolute Gasteiger partial charge is 0.310 e. The highest BCUT2D eigenvalue weighted by atomic mass is 32.2. The van der Waals surface area contributed by atoms with E-state index in [-0.39, 0.29) is 35.5 Å². The van der Waals surface area contributed by atoms with Crippen LogP contribution in [0.5, 0.6) is 5.75 Å². The first-order chi connectivity index (χ1) is 15.7. The van der Waals surface area contributed by atoms with Crippen molar-refractivity contribution in [2.24, 2.45) is 5.92 Å². The Kier molecular flexibility index (Phi) is 7.62. The van der Waals surface area contributed by atoms with Crippen LogP contribution in [0.15, 0.2) is 33.7 Å². The fourth-order valence-electron chi connectivity index (χ4n) is 3.90. The summed E-state index contributed by atoms with van der Waals surface area (Å²) in [5.74, 6) is -0.483. The molecule has 2 heterocycles. The van der Waals surface area contributed by atoms with E-state index in [1.165, 1.54) is 25.9 Å². The Balaban J connectivity index is 1.91. The third-order valence-corrected chi connectivity index (χ3v) is 7.57. The Bertz CT molecular complexity index is 1080. The molecule has 0 aliphatic carbocycles. The van der Waals surface area contributed by atoms with Gasteiger partial charge >= 0.3 is 5.97 Å². The van der Waals surface area contributed by atoms with Crippen molar-refractivity contribution in [1.82, 2.24) is 10.1 Å². The largest absolute Gasteiger partial charge is 0.497 e. The number of nitrogens with zero attached hydrogens (tertiary/aromatic N) is 3. The first-order valence-corrected chi connectivity index (χ1v) is 12.2. The van der Waals surface area contributed by atoms with Gasteiger partial charge in [-0.1, -0.05) is 5.16 Å². The lowest BCUT2D eigenvalue weighted by atomic mass is 9.98. The number of carbonyl (C=O) groups is 2. The molecule has 180 valence electrons. The zero-order valence-electron chi connectivity index (χ0n) is 19.2. The van der Waals surface area contributed by atoms with Crippen LogP contribution in [-0.2, 0) is 24.3 Å². The Labute approximate surface area is 193 Å². The summed E-state index contributed by atoms with van der Waals surface area (Å²) in [6, 6.07) is 6.37. The molecule has 1 fully saturated rings. The number of rotatable bonds is 8. The summed E-state index contributed by atoms with van der Waals surface area (Å²) < 4.78 is 43.6. The van der Waals surface area contributed by atoms with Crippen molar-refractivity contribution >= 4 is 27.6 Å². The Morgan fingerprint density at radius 1 is 1.24 bits per heavy atom. The zero-order valence-corrected chi connectivity index (χ0v) is 20.1. The number of esters is 1. The molecule has 0 unspecified atom stereocenters. The van der Waals surface area contributed by atoms with Crippen LogP contribution in [0.3, 0.4) is 0 Å². The SMILES string of the molecule is CCOC(=O)[C@H]1CCCN(C(=O)CN(c2ccc(OC)cc2)S(=O)(=O)c2c(C)noc2C)C1. The molecule has 10 nitrogen and oxygen atoms in total. The van der Waals surface area contributed by atoms with Crippen LogP contribution in [0, 0.1) is 19.8 Å². The van der Waals surface area contributed by atoms with Gasteiger partial charge in [-0.05, 0) is 57.9 Å². The summed E-state index contributed by atoms with van der Waals surface area (Å²) in [4.78, 5) is 26.8. The summed E-state index contributed by atoms with van der Waals surface area (Å²) in [5.41, 5.74) is 0.502. The second kappa shape index (κ2) is 10.2. The van der Waals surface area contributed by atoms with Crippen molar-refractivity contribution in [3.05, 3.63) is 35.7 Å². The Hall–Kier alpha value is -3.08. The Morgan fingerprint density at radius 3 is 2.52 bits per heavy atom. The van der Waals surface area contributed by atoms with Gasteiger partial charge in [0.2, 0.25) is 5.91 Å². The van der Waals surface area contributed by atoms with Crippen molar-refractivity contribution in [2.75, 3.05) is 37.7 Å². The van der Waals surface area contributed by atoms with Gasteiger partial charge in [-0.2, -0.15) is 0 Å². The van der Waals surface area contributed by atoms with E-state index in [4.69, 9.17) is 14.0 Å². The van der Waals surface area contributed by atoms with Crippen LogP contribution in [0.4, 0.5) is 5.69 Å². The lowest BCUT2D eigenvalue weighted by Crippen LogP contribution is -2.48. The number of hydrogen-bond donors (Lipinski definition) is 0. The highest BCUT2D eigenvalue weighted by molar-refractivity contribution is 7.93. The molecule has 0 spiro atoms. The number of carbonyl (C=O) groups excluding carboxylic acids is 2. The highest BCUT2D eigenvalue weighted by Crippen LogP contribution is 2.29. The van der Waals surface area contributed by atoms with E-state index in [1.807, 2.05) is 0 Å². The van der Waals surface area contributed by atoms with Crippen molar-refractivity contribution < 1.29 is 32.0 Å². The standard InChI is InChI=1S/C22H29N3O7S/c1-5-31-22(27)17-7-6-12-24(13-17)20(26)14-25(18-8-10-19(30-4)11-9-18)33(28,29)21-15(2)23-32-16(21)3/h8-11,17H,5-7,12-14H2,1-4H3/t17-/m0/s1. The van der Waals surface area contributed by atoms with E-state index in [2.05, 4.69) is 5.16 Å². The number of piperidine rings is 1. The number of aromatic nitrogens is 1. The van der Waals surface area contributed by atoms with Crippen LogP contribution >= 0.6 is 0 Å². The molecule has 0 N–H and O–H groups in total. The number of sulfonamides is 1. The molecule has 33 heavy (non-hydrogen) atoms. The maximum Gasteiger partial charge on any atom is 0.310 e. The molecule has 1 saturated heterocycles. The molecule has 1 aromatic carbocycles. The summed E-state index contributed by atoms with van der Waals surface area (Å²) in [6.45, 7) is 5.24. The van der Waals surface area contributed by atoms with Crippen LogP contribution in [0.25, 0.3) is 0 Å². The van der Waals surface area contributed by atoms with Crippen molar-refractivity contribution in [2.45, 2.75) is 38.5 Å². The number of benzene rings is 1. The number of amides is 1. The predicted molar refractivity (Wildman–Crippen MR) is 119 cm³/mol. The Morgan fingerprint density at radius 2 is 1.94 bits per heavy atom. The molecular weight excluding hydrogens is 450 g/mol. The first-order valence-electron chi connectivity index (χ1n) is 10.7. The van der Waals surface area contributed by atoms with Crippen molar-refractivity contribution in [3.8, 4) is 5.75 Å². The predicted octanol–water partition coefficient (Wildman–Crippen LogP) is 2.30. The van der Waals surface area contributed by atoms with Gasteiger partial charge in [0, 0.05) is 13.1 Å². The minimum Gasteiger partial charge on any atom is -0.497 e. The first kappa shape index (κ1) is 24.6. The fraction of sp³-hybridized carbons (Fsp3) is 0.500. The van der Waals surface area contributed by atoms with Crippen LogP contribution in [0.2, 0.25) is 0 Å². The van der Waals surface area contributed by atoms with Crippen molar-refractivity contribution in [1.29, 1.82) is 0 Å². The average Bonchev–Trinajstić information content (AvgIpc) is 3.16. The average molecular weight is 480 g/mol. The second-order valence-electron chi connectivity index (χ2n) is 7.79. The highest BCUT2D eigenvalue weighted by Gasteiger charge is 2.35. The van der Waals surface area contributed by atoms with Gasteiger partial charge in [0.1, 0.15) is 18.0 Å². The number of likely N-dealkylation sites (tertiary alicyclic amines) is 1. The lowest BCUT2D eigenvalue weighted by molar-refractivity contribution is -0.151. The van der Waals surface area contributed by atoms with Gasteiger partial charge in [-0.15, -0.1) is 0 Å². The third kappa shape index (κ3) is 5.29. The van der Waals surface area contributed by atoms with E-state index in [9.17, 15) is 18.0 Å². The number of hydrogen-bond acceptors (Lipinski definition) is 8. The van der Waals surface area contributed by atoms with E-state index < -0.39 is 28.4 Å². The van der Waals surface area contributed by atoms with Gasteiger partial charge in [0.25, 0.3) is 10.0 Å². The van der Waals surface area contributed by atoms with Crippen LogP contribution in [-0.4, -0.2) is 63.7 Å². The fourth-order valence-corrected chi connectivity index (χ4v) is 5.61. The van der Waals surface area contributed by atoms with E-state index in [1.54, 1.807) is 31.2 Å². The van der Waals surface area contributed by atoms with Gasteiger partial charge < -0.3 is 18.9 Å². The van der Waals surface area contributed by atoms with E-state index in [0.29, 0.717) is 30.8 Å². The van der Waals surface area contributed by atoms with Gasteiger partial charge in [0.05, 0.1) is 25.3 Å². The van der Waals surface area contributed by atoms with E-state index in [0.717, 1.165) is 4.31 Å². The van der Waals surface area contributed by atoms with Gasteiger partial charge in [-0.3, -0.25) is 13.9 Å². The quantitative estimate of drug-likeness (QED) is 0.529. The van der Waals surface area contributed by atoms with Crippen LogP contribution < -0.4 is 9.04 Å². The topological polar surface area (TPSA) is 119 Å². The summed E-state index contributed by atoms with van der Waals surface area (Å²) in [7, 11) is -2.66. The molecule has 1 aromatic heterocycles. The molecule has 0 bridgehead atoms. The molecule has 1 amide bonds. The minimum atomic E-state index is -4.17. The molecule has 1 aliphatic heterocycles. The molecule has 0 radical (unpaired) electrons. The molecule has 1 atom stereocenters. The van der Waals surface area contributed by atoms with E-state index >= 15 is 0 Å². The minimum absolute atomic E-state index is 0.0748. The molecule has 2 aromatic rings. The van der Waals surface area contributed by atoms with Gasteiger partial charge in [0.15, 0.2) is 10.7 Å². The number of ether oxygens (including phenoxy) is 2. The maximum absolute atomic E-state index is 13.6. The van der Waals surface area contributed by atoms with Crippen LogP contribution in [0.1, 0.15) is 31.2 Å². The second-order valence-corrected chi connectivity index (χ2v) is 9.59. The molecule has 3 rings (SSSR count).